The Morgan fingerprint density at radius 1 is 1.24 bits per heavy atom. The van der Waals surface area contributed by atoms with Gasteiger partial charge in [0.1, 0.15) is 32.7 Å². The second kappa shape index (κ2) is 8.59. The summed E-state index contributed by atoms with van der Waals surface area (Å²) in [6, 6.07) is 11.3. The van der Waals surface area contributed by atoms with E-state index in [1.165, 1.54) is 22.7 Å². The van der Waals surface area contributed by atoms with Crippen LogP contribution in [0.1, 0.15) is 52.8 Å². The van der Waals surface area contributed by atoms with E-state index >= 15 is 0 Å². The number of carbonyl (C=O) groups is 2. The van der Waals surface area contributed by atoms with Gasteiger partial charge in [0.25, 0.3) is 0 Å². The zero-order chi connectivity index (χ0) is 23.9. The predicted molar refractivity (Wildman–Crippen MR) is 128 cm³/mol. The Morgan fingerprint density at radius 2 is 2.00 bits per heavy atom. The maximum Gasteiger partial charge on any atom is 0.412 e. The number of anilines is 1. The number of amides is 1. The second-order valence-corrected chi connectivity index (χ2v) is 10.1. The van der Waals surface area contributed by atoms with Crippen molar-refractivity contribution in [2.24, 2.45) is 0 Å². The van der Waals surface area contributed by atoms with Gasteiger partial charge in [-0.05, 0) is 50.2 Å². The number of fused-ring (bicyclic) bond motifs is 1. The highest BCUT2D eigenvalue weighted by Gasteiger charge is 2.54. The highest BCUT2D eigenvalue weighted by Crippen LogP contribution is 2.51. The molecule has 1 atom stereocenters. The first kappa shape index (κ1) is 22.1. The molecule has 1 aliphatic rings. The Morgan fingerprint density at radius 3 is 2.68 bits per heavy atom. The molecule has 0 spiro atoms. The van der Waals surface area contributed by atoms with Gasteiger partial charge in [-0.15, -0.1) is 22.7 Å². The summed E-state index contributed by atoms with van der Waals surface area (Å²) < 4.78 is 11.7. The average Bonchev–Trinajstić information content (AvgIpc) is 3.26. The van der Waals surface area contributed by atoms with Crippen LogP contribution in [-0.2, 0) is 14.9 Å². The number of rotatable bonds is 5. The second-order valence-electron chi connectivity index (χ2n) is 7.99. The van der Waals surface area contributed by atoms with Crippen molar-refractivity contribution in [2.75, 3.05) is 5.32 Å². The molecule has 1 saturated carbocycles. The van der Waals surface area contributed by atoms with Crippen molar-refractivity contribution in [1.82, 2.24) is 10.1 Å². The third-order valence-corrected chi connectivity index (χ3v) is 7.88. The van der Waals surface area contributed by atoms with E-state index in [4.69, 9.17) is 9.26 Å². The van der Waals surface area contributed by atoms with Crippen LogP contribution in [-0.4, -0.2) is 27.3 Å². The lowest BCUT2D eigenvalue weighted by Gasteiger charge is -2.13. The van der Waals surface area contributed by atoms with Gasteiger partial charge < -0.3 is 14.4 Å². The molecular weight excluding hydrogens is 474 g/mol. The van der Waals surface area contributed by atoms with Crippen LogP contribution >= 0.6 is 22.7 Å². The molecule has 3 aromatic heterocycles. The number of aromatic nitrogens is 2. The van der Waals surface area contributed by atoms with E-state index in [-0.39, 0.29) is 5.76 Å². The maximum atomic E-state index is 12.4. The number of carboxylic acids is 1. The molecule has 5 rings (SSSR count). The summed E-state index contributed by atoms with van der Waals surface area (Å²) >= 11 is 2.78. The summed E-state index contributed by atoms with van der Waals surface area (Å²) in [4.78, 5) is 30.0. The van der Waals surface area contributed by atoms with E-state index in [0.29, 0.717) is 29.2 Å². The smallest absolute Gasteiger partial charge is 0.412 e. The van der Waals surface area contributed by atoms with Gasteiger partial charge in [-0.2, -0.15) is 0 Å². The molecule has 1 fully saturated rings. The third kappa shape index (κ3) is 4.16. The minimum absolute atomic E-state index is 0.218. The van der Waals surface area contributed by atoms with Crippen molar-refractivity contribution in [1.29, 1.82) is 0 Å². The Hall–Kier alpha value is -3.68. The van der Waals surface area contributed by atoms with Gasteiger partial charge in [-0.25, -0.2) is 9.78 Å². The monoisotopic (exact) mass is 493 g/mol. The van der Waals surface area contributed by atoms with Crippen molar-refractivity contribution in [3.05, 3.63) is 63.3 Å². The number of hydrogen-bond donors (Lipinski definition) is 2. The number of benzene rings is 1. The molecule has 1 aromatic carbocycles. The molecule has 0 aliphatic heterocycles. The van der Waals surface area contributed by atoms with E-state index in [1.807, 2.05) is 36.4 Å². The molecule has 1 aliphatic carbocycles. The van der Waals surface area contributed by atoms with Crippen molar-refractivity contribution in [3.63, 3.8) is 0 Å². The average molecular weight is 494 g/mol. The van der Waals surface area contributed by atoms with Gasteiger partial charge >= 0.3 is 12.1 Å². The van der Waals surface area contributed by atoms with Crippen molar-refractivity contribution in [2.45, 2.75) is 38.2 Å². The number of thiazole rings is 1. The van der Waals surface area contributed by atoms with E-state index in [2.05, 4.69) is 27.3 Å². The number of nitrogens with one attached hydrogen (secondary N) is 1. The largest absolute Gasteiger partial charge is 0.481 e. The molecule has 8 nitrogen and oxygen atoms in total. The number of aryl methyl sites for hydroxylation is 1. The van der Waals surface area contributed by atoms with Crippen LogP contribution in [0.3, 0.4) is 0 Å². The molecule has 0 bridgehead atoms. The lowest BCUT2D eigenvalue weighted by atomic mass is 10.1. The summed E-state index contributed by atoms with van der Waals surface area (Å²) in [5, 5.41) is 16.7. The van der Waals surface area contributed by atoms with Crippen molar-refractivity contribution in [3.8, 4) is 11.8 Å². The number of nitrogens with zero attached hydrogens (tertiary/aromatic N) is 2. The van der Waals surface area contributed by atoms with Crippen LogP contribution in [0.5, 0.6) is 0 Å². The fourth-order valence-corrected chi connectivity index (χ4v) is 5.76. The van der Waals surface area contributed by atoms with Gasteiger partial charge in [0.15, 0.2) is 0 Å². The maximum absolute atomic E-state index is 12.4. The molecule has 172 valence electrons. The highest BCUT2D eigenvalue weighted by atomic mass is 32.1. The van der Waals surface area contributed by atoms with E-state index < -0.39 is 23.6 Å². The normalized spacial score (nSPS) is 14.8. The van der Waals surface area contributed by atoms with Crippen LogP contribution in [0.4, 0.5) is 10.5 Å². The van der Waals surface area contributed by atoms with Crippen molar-refractivity contribution < 1.29 is 24.0 Å². The van der Waals surface area contributed by atoms with E-state index in [9.17, 15) is 14.7 Å². The first-order valence-electron chi connectivity index (χ1n) is 10.5. The lowest BCUT2D eigenvalue weighted by Crippen LogP contribution is -2.18. The van der Waals surface area contributed by atoms with E-state index in [0.717, 1.165) is 20.0 Å². The van der Waals surface area contributed by atoms with Gasteiger partial charge in [-0.1, -0.05) is 35.5 Å². The Kier molecular flexibility index (Phi) is 5.59. The number of ether oxygens (including phenoxy) is 1. The Labute approximate surface area is 202 Å². The summed E-state index contributed by atoms with van der Waals surface area (Å²) in [6.07, 6.45) is 0.195. The van der Waals surface area contributed by atoms with Crippen LogP contribution in [0.25, 0.3) is 9.53 Å². The van der Waals surface area contributed by atoms with Crippen LogP contribution in [0, 0.1) is 18.8 Å². The minimum Gasteiger partial charge on any atom is -0.481 e. The molecular formula is C24H19N3O5S2. The molecule has 0 radical (unpaired) electrons. The van der Waals surface area contributed by atoms with Crippen LogP contribution in [0.2, 0.25) is 0 Å². The summed E-state index contributed by atoms with van der Waals surface area (Å²) in [7, 11) is 0. The summed E-state index contributed by atoms with van der Waals surface area (Å²) in [6.45, 7) is 3.49. The number of carbonyl (C=O) groups excluding carboxylic acids is 1. The molecule has 10 heteroatoms. The molecule has 0 unspecified atom stereocenters. The Bertz CT molecular complexity index is 1420. The first-order valence-corrected chi connectivity index (χ1v) is 12.1. The van der Waals surface area contributed by atoms with Gasteiger partial charge in [0.2, 0.25) is 5.76 Å². The molecule has 4 aromatic rings. The fraction of sp³-hybridized carbons (Fsp3) is 0.250. The summed E-state index contributed by atoms with van der Waals surface area (Å²) in [5.41, 5.74) is 0.911. The molecule has 34 heavy (non-hydrogen) atoms. The van der Waals surface area contributed by atoms with Gasteiger partial charge in [-0.3, -0.25) is 10.1 Å². The zero-order valence-corrected chi connectivity index (χ0v) is 19.9. The van der Waals surface area contributed by atoms with Gasteiger partial charge in [0, 0.05) is 0 Å². The van der Waals surface area contributed by atoms with Gasteiger partial charge in [0.05, 0.1) is 9.58 Å². The van der Waals surface area contributed by atoms with Crippen LogP contribution in [0.15, 0.2) is 40.9 Å². The lowest BCUT2D eigenvalue weighted by molar-refractivity contribution is -0.140. The predicted octanol–water partition coefficient (Wildman–Crippen LogP) is 5.48. The quantitative estimate of drug-likeness (QED) is 0.354. The fourth-order valence-electron chi connectivity index (χ4n) is 3.45. The molecule has 3 heterocycles. The summed E-state index contributed by atoms with van der Waals surface area (Å²) in [5.74, 6) is 5.33. The minimum atomic E-state index is -0.814. The molecule has 1 amide bonds. The SMILES string of the molecule is Cc1noc(C#Cc2cc3sc(C4(C(=O)O)CC4)nc3s2)c1NC(=O)O[C@H](C)c1ccccc1. The molecule has 2 N–H and O–H groups in total. The Balaban J connectivity index is 1.30. The topological polar surface area (TPSA) is 115 Å². The van der Waals surface area contributed by atoms with E-state index in [1.54, 1.807) is 13.8 Å². The third-order valence-electron chi connectivity index (χ3n) is 5.60. The first-order chi connectivity index (χ1) is 16.4. The van der Waals surface area contributed by atoms with Crippen molar-refractivity contribution >= 4 is 50.0 Å². The number of thiophene rings is 1. The molecule has 0 saturated heterocycles. The standard InChI is InChI=1S/C24H19N3O5S2/c1-13-19(25-23(30)31-14(2)15-6-4-3-5-7-15)17(32-27-13)9-8-16-12-18-20(33-16)26-21(34-18)24(10-11-24)22(28)29/h3-7,12,14H,10-11H2,1-2H3,(H,25,30)(H,28,29)/t14-/m1/s1. The number of carboxylic acid groups (broad SMARTS) is 1. The number of hydrogen-bond acceptors (Lipinski definition) is 8. The highest BCUT2D eigenvalue weighted by molar-refractivity contribution is 7.27. The van der Waals surface area contributed by atoms with Crippen LogP contribution < -0.4 is 5.32 Å². The zero-order valence-electron chi connectivity index (χ0n) is 18.2. The number of aliphatic carboxylic acids is 1.